The van der Waals surface area contributed by atoms with E-state index in [1.165, 1.54) is 0 Å². The Bertz CT molecular complexity index is 706. The molecule has 0 aliphatic carbocycles. The van der Waals surface area contributed by atoms with Crippen LogP contribution in [0, 0.1) is 0 Å². The van der Waals surface area contributed by atoms with Crippen LogP contribution in [0.2, 0.25) is 5.02 Å². The Labute approximate surface area is 109 Å². The molecule has 3 rings (SSSR count). The maximum Gasteiger partial charge on any atom is 0.227 e. The average molecular weight is 259 g/mol. The van der Waals surface area contributed by atoms with E-state index in [0.29, 0.717) is 17.5 Å². The number of nitrogens with zero attached hydrogens (tertiary/aromatic N) is 1. The molecule has 0 bridgehead atoms. The topological polar surface area (TPSA) is 52.0 Å². The Morgan fingerprint density at radius 3 is 2.89 bits per heavy atom. The minimum atomic E-state index is 0.500. The van der Waals surface area contributed by atoms with Crippen LogP contribution in [-0.2, 0) is 6.54 Å². The highest BCUT2D eigenvalue weighted by molar-refractivity contribution is 6.31. The largest absolute Gasteiger partial charge is 0.436 e. The van der Waals surface area contributed by atoms with E-state index in [1.54, 1.807) is 12.1 Å². The lowest BCUT2D eigenvalue weighted by molar-refractivity contribution is 0.619. The van der Waals surface area contributed by atoms with Crippen molar-refractivity contribution in [3.05, 3.63) is 53.1 Å². The molecule has 2 aromatic carbocycles. The highest BCUT2D eigenvalue weighted by Crippen LogP contribution is 2.26. The maximum atomic E-state index is 5.92. The predicted molar refractivity (Wildman–Crippen MR) is 72.3 cm³/mol. The molecule has 0 saturated carbocycles. The molecule has 3 aromatic rings. The first-order chi connectivity index (χ1) is 8.76. The molecule has 0 aliphatic heterocycles. The Kier molecular flexibility index (Phi) is 2.78. The maximum absolute atomic E-state index is 5.92. The minimum absolute atomic E-state index is 0.500. The van der Waals surface area contributed by atoms with Gasteiger partial charge in [-0.3, -0.25) is 0 Å². The van der Waals surface area contributed by atoms with E-state index in [-0.39, 0.29) is 0 Å². The molecule has 18 heavy (non-hydrogen) atoms. The van der Waals surface area contributed by atoms with Gasteiger partial charge in [0.15, 0.2) is 5.58 Å². The van der Waals surface area contributed by atoms with Crippen LogP contribution < -0.4 is 5.73 Å². The van der Waals surface area contributed by atoms with Gasteiger partial charge in [-0.1, -0.05) is 23.7 Å². The fourth-order valence-corrected chi connectivity index (χ4v) is 2.02. The minimum Gasteiger partial charge on any atom is -0.436 e. The van der Waals surface area contributed by atoms with E-state index >= 15 is 0 Å². The molecular formula is C14H11ClN2O. The Hall–Kier alpha value is -1.84. The van der Waals surface area contributed by atoms with Crippen molar-refractivity contribution in [2.75, 3.05) is 0 Å². The second-order valence-electron chi connectivity index (χ2n) is 4.04. The summed E-state index contributed by atoms with van der Waals surface area (Å²) < 4.78 is 5.70. The zero-order chi connectivity index (χ0) is 12.5. The number of fused-ring (bicyclic) bond motifs is 1. The van der Waals surface area contributed by atoms with E-state index < -0.39 is 0 Å². The molecule has 1 heterocycles. The van der Waals surface area contributed by atoms with Crippen molar-refractivity contribution >= 4 is 22.7 Å². The fourth-order valence-electron chi connectivity index (χ4n) is 1.86. The first-order valence-electron chi connectivity index (χ1n) is 5.62. The average Bonchev–Trinajstić information content (AvgIpc) is 2.81. The summed E-state index contributed by atoms with van der Waals surface area (Å²) >= 11 is 5.92. The van der Waals surface area contributed by atoms with E-state index in [0.717, 1.165) is 22.2 Å². The van der Waals surface area contributed by atoms with Crippen LogP contribution in [0.25, 0.3) is 22.6 Å². The summed E-state index contributed by atoms with van der Waals surface area (Å²) in [5.74, 6) is 0.586. The second kappa shape index (κ2) is 4.44. The summed E-state index contributed by atoms with van der Waals surface area (Å²) in [5, 5.41) is 0.651. The summed E-state index contributed by atoms with van der Waals surface area (Å²) in [7, 11) is 0. The van der Waals surface area contributed by atoms with Gasteiger partial charge in [-0.25, -0.2) is 4.98 Å². The van der Waals surface area contributed by atoms with Crippen molar-refractivity contribution in [2.24, 2.45) is 5.73 Å². The zero-order valence-corrected chi connectivity index (χ0v) is 10.3. The van der Waals surface area contributed by atoms with Crippen molar-refractivity contribution in [1.82, 2.24) is 4.98 Å². The lowest BCUT2D eigenvalue weighted by Gasteiger charge is -1.98. The summed E-state index contributed by atoms with van der Waals surface area (Å²) in [6.45, 7) is 0.500. The van der Waals surface area contributed by atoms with Crippen LogP contribution in [0.1, 0.15) is 5.56 Å². The molecule has 0 radical (unpaired) electrons. The van der Waals surface area contributed by atoms with Gasteiger partial charge in [0.05, 0.1) is 0 Å². The van der Waals surface area contributed by atoms with E-state index in [9.17, 15) is 0 Å². The zero-order valence-electron chi connectivity index (χ0n) is 9.56. The number of oxazole rings is 1. The lowest BCUT2D eigenvalue weighted by atomic mass is 10.1. The third kappa shape index (κ3) is 1.98. The first kappa shape index (κ1) is 11.3. The number of halogens is 1. The van der Waals surface area contributed by atoms with Crippen molar-refractivity contribution in [2.45, 2.75) is 6.54 Å². The third-order valence-corrected chi connectivity index (χ3v) is 2.99. The normalized spacial score (nSPS) is 11.0. The number of benzene rings is 2. The van der Waals surface area contributed by atoms with Gasteiger partial charge in [-0.2, -0.15) is 0 Å². The molecule has 0 aliphatic rings. The molecule has 0 saturated heterocycles. The molecular weight excluding hydrogens is 248 g/mol. The van der Waals surface area contributed by atoms with Crippen molar-refractivity contribution in [3.63, 3.8) is 0 Å². The number of aromatic nitrogens is 1. The van der Waals surface area contributed by atoms with Gasteiger partial charge in [0, 0.05) is 17.1 Å². The molecule has 0 spiro atoms. The van der Waals surface area contributed by atoms with Crippen LogP contribution >= 0.6 is 11.6 Å². The standard InChI is InChI=1S/C14H11ClN2O/c15-11-4-5-13-12(7-11)17-14(18-13)10-3-1-2-9(6-10)8-16/h1-7H,8,16H2. The van der Waals surface area contributed by atoms with Crippen molar-refractivity contribution in [3.8, 4) is 11.5 Å². The lowest BCUT2D eigenvalue weighted by Crippen LogP contribution is -1.95. The van der Waals surface area contributed by atoms with Gasteiger partial charge in [0.2, 0.25) is 5.89 Å². The smallest absolute Gasteiger partial charge is 0.227 e. The third-order valence-electron chi connectivity index (χ3n) is 2.76. The van der Waals surface area contributed by atoms with Crippen molar-refractivity contribution < 1.29 is 4.42 Å². The van der Waals surface area contributed by atoms with Gasteiger partial charge >= 0.3 is 0 Å². The van der Waals surface area contributed by atoms with Crippen molar-refractivity contribution in [1.29, 1.82) is 0 Å². The molecule has 0 amide bonds. The number of nitrogens with two attached hydrogens (primary N) is 1. The van der Waals surface area contributed by atoms with Gasteiger partial charge in [-0.05, 0) is 35.9 Å². The molecule has 2 N–H and O–H groups in total. The van der Waals surface area contributed by atoms with E-state index in [2.05, 4.69) is 4.98 Å². The van der Waals surface area contributed by atoms with Crippen LogP contribution in [0.4, 0.5) is 0 Å². The molecule has 0 unspecified atom stereocenters. The number of hydrogen-bond acceptors (Lipinski definition) is 3. The number of rotatable bonds is 2. The molecule has 90 valence electrons. The molecule has 4 heteroatoms. The Morgan fingerprint density at radius 1 is 1.17 bits per heavy atom. The van der Waals surface area contributed by atoms with E-state index in [1.807, 2.05) is 30.3 Å². The SMILES string of the molecule is NCc1cccc(-c2nc3cc(Cl)ccc3o2)c1. The molecule has 0 fully saturated rings. The van der Waals surface area contributed by atoms with Crippen LogP contribution in [0.5, 0.6) is 0 Å². The van der Waals surface area contributed by atoms with Gasteiger partial charge in [0.25, 0.3) is 0 Å². The summed E-state index contributed by atoms with van der Waals surface area (Å²) in [4.78, 5) is 4.43. The van der Waals surface area contributed by atoms with Crippen LogP contribution in [0.15, 0.2) is 46.9 Å². The summed E-state index contributed by atoms with van der Waals surface area (Å²) in [6, 6.07) is 13.2. The van der Waals surface area contributed by atoms with E-state index in [4.69, 9.17) is 21.8 Å². The Balaban J connectivity index is 2.13. The van der Waals surface area contributed by atoms with Gasteiger partial charge in [-0.15, -0.1) is 0 Å². The highest BCUT2D eigenvalue weighted by Gasteiger charge is 2.08. The predicted octanol–water partition coefficient (Wildman–Crippen LogP) is 3.61. The highest BCUT2D eigenvalue weighted by atomic mass is 35.5. The molecule has 1 aromatic heterocycles. The quantitative estimate of drug-likeness (QED) is 0.764. The van der Waals surface area contributed by atoms with Crippen LogP contribution in [0.3, 0.4) is 0 Å². The van der Waals surface area contributed by atoms with Crippen LogP contribution in [-0.4, -0.2) is 4.98 Å². The summed E-state index contributed by atoms with van der Waals surface area (Å²) in [6.07, 6.45) is 0. The second-order valence-corrected chi connectivity index (χ2v) is 4.47. The monoisotopic (exact) mass is 258 g/mol. The summed E-state index contributed by atoms with van der Waals surface area (Å²) in [5.41, 5.74) is 9.08. The molecule has 0 atom stereocenters. The van der Waals surface area contributed by atoms with Gasteiger partial charge < -0.3 is 10.2 Å². The molecule has 3 nitrogen and oxygen atoms in total. The van der Waals surface area contributed by atoms with Gasteiger partial charge in [0.1, 0.15) is 5.52 Å². The number of hydrogen-bond donors (Lipinski definition) is 1. The Morgan fingerprint density at radius 2 is 2.06 bits per heavy atom. The fraction of sp³-hybridized carbons (Fsp3) is 0.0714. The first-order valence-corrected chi connectivity index (χ1v) is 5.99.